The number of nitrogens with zero attached hydrogens (tertiary/aromatic N) is 2. The Bertz CT molecular complexity index is 830. The molecule has 2 amide bonds. The number of aromatic nitrogens is 1. The molecule has 0 unspecified atom stereocenters. The molecule has 1 fully saturated rings. The number of ether oxygens (including phenoxy) is 1. The summed E-state index contributed by atoms with van der Waals surface area (Å²) in [7, 11) is 0. The Hall–Kier alpha value is -3.22. The van der Waals surface area contributed by atoms with Crippen LogP contribution in [0.1, 0.15) is 40.5 Å². The van der Waals surface area contributed by atoms with Gasteiger partial charge in [0.25, 0.3) is 11.8 Å². The Balaban J connectivity index is 1.54. The Morgan fingerprint density at radius 3 is 2.44 bits per heavy atom. The van der Waals surface area contributed by atoms with Gasteiger partial charge in [0.15, 0.2) is 0 Å². The lowest BCUT2D eigenvalue weighted by atomic mass is 10.0. The first kappa shape index (κ1) is 18.6. The lowest BCUT2D eigenvalue weighted by Crippen LogP contribution is -2.46. The quantitative estimate of drug-likeness (QED) is 0.660. The minimum absolute atomic E-state index is 0.00336. The molecule has 0 spiro atoms. The van der Waals surface area contributed by atoms with Gasteiger partial charge in [-0.2, -0.15) is 0 Å². The van der Waals surface area contributed by atoms with Gasteiger partial charge in [-0.15, -0.1) is 0 Å². The number of piperidine rings is 1. The zero-order chi connectivity index (χ0) is 19.2. The van der Waals surface area contributed by atoms with Gasteiger partial charge in [0.05, 0.1) is 0 Å². The number of rotatable bonds is 4. The first-order valence-electron chi connectivity index (χ1n) is 8.81. The highest BCUT2D eigenvalue weighted by molar-refractivity contribution is 5.95. The number of hydrogen-bond acceptors (Lipinski definition) is 5. The molecule has 1 aromatic heterocycles. The van der Waals surface area contributed by atoms with Crippen molar-refractivity contribution >= 4 is 17.8 Å². The van der Waals surface area contributed by atoms with E-state index in [1.54, 1.807) is 53.7 Å². The van der Waals surface area contributed by atoms with Crippen molar-refractivity contribution in [3.8, 4) is 5.75 Å². The van der Waals surface area contributed by atoms with Crippen molar-refractivity contribution in [3.05, 3.63) is 59.9 Å². The van der Waals surface area contributed by atoms with Crippen LogP contribution in [0.5, 0.6) is 5.75 Å². The van der Waals surface area contributed by atoms with Crippen molar-refractivity contribution < 1.29 is 19.1 Å². The van der Waals surface area contributed by atoms with Gasteiger partial charge < -0.3 is 15.0 Å². The summed E-state index contributed by atoms with van der Waals surface area (Å²) in [5.74, 6) is -0.328. The molecule has 27 heavy (non-hydrogen) atoms. The van der Waals surface area contributed by atoms with Crippen molar-refractivity contribution in [1.29, 1.82) is 0 Å². The SMILES string of the molecule is CC(=O)Oc1cccc(C(=O)NC2CCN(C(=O)c3ccncc3)CC2)c1. The molecule has 0 saturated carbocycles. The van der Waals surface area contributed by atoms with Crippen LogP contribution in [0, 0.1) is 0 Å². The molecule has 1 saturated heterocycles. The highest BCUT2D eigenvalue weighted by Gasteiger charge is 2.25. The molecule has 7 heteroatoms. The minimum atomic E-state index is -0.432. The Morgan fingerprint density at radius 1 is 1.07 bits per heavy atom. The lowest BCUT2D eigenvalue weighted by molar-refractivity contribution is -0.131. The minimum Gasteiger partial charge on any atom is -0.427 e. The number of esters is 1. The van der Waals surface area contributed by atoms with Crippen LogP contribution in [0.25, 0.3) is 0 Å². The van der Waals surface area contributed by atoms with E-state index in [-0.39, 0.29) is 17.9 Å². The van der Waals surface area contributed by atoms with Crippen LogP contribution < -0.4 is 10.1 Å². The topological polar surface area (TPSA) is 88.6 Å². The average molecular weight is 367 g/mol. The van der Waals surface area contributed by atoms with E-state index in [9.17, 15) is 14.4 Å². The third-order valence-corrected chi connectivity index (χ3v) is 4.40. The highest BCUT2D eigenvalue weighted by atomic mass is 16.5. The van der Waals surface area contributed by atoms with Crippen LogP contribution in [-0.2, 0) is 4.79 Å². The van der Waals surface area contributed by atoms with Crippen molar-refractivity contribution in [1.82, 2.24) is 15.2 Å². The van der Waals surface area contributed by atoms with Gasteiger partial charge in [-0.1, -0.05) is 6.07 Å². The number of likely N-dealkylation sites (tertiary alicyclic amines) is 1. The van der Waals surface area contributed by atoms with Gasteiger partial charge in [0.1, 0.15) is 5.75 Å². The summed E-state index contributed by atoms with van der Waals surface area (Å²) in [5.41, 5.74) is 1.05. The molecule has 0 aliphatic carbocycles. The first-order valence-corrected chi connectivity index (χ1v) is 8.81. The smallest absolute Gasteiger partial charge is 0.308 e. The highest BCUT2D eigenvalue weighted by Crippen LogP contribution is 2.16. The maximum atomic E-state index is 12.4. The normalized spacial score (nSPS) is 14.5. The number of benzene rings is 1. The molecule has 1 aromatic carbocycles. The first-order chi connectivity index (χ1) is 13.0. The third kappa shape index (κ3) is 4.91. The summed E-state index contributed by atoms with van der Waals surface area (Å²) >= 11 is 0. The summed E-state index contributed by atoms with van der Waals surface area (Å²) in [6.45, 7) is 2.48. The van der Waals surface area contributed by atoms with Gasteiger partial charge in [0, 0.05) is 49.6 Å². The molecular weight excluding hydrogens is 346 g/mol. The van der Waals surface area contributed by atoms with Gasteiger partial charge in [0.2, 0.25) is 0 Å². The van der Waals surface area contributed by atoms with Crippen molar-refractivity contribution in [2.24, 2.45) is 0 Å². The fourth-order valence-electron chi connectivity index (χ4n) is 3.04. The van der Waals surface area contributed by atoms with Crippen LogP contribution >= 0.6 is 0 Å². The standard InChI is InChI=1S/C20H21N3O4/c1-14(24)27-18-4-2-3-16(13-18)19(25)22-17-7-11-23(12-8-17)20(26)15-5-9-21-10-6-15/h2-6,9-10,13,17H,7-8,11-12H2,1H3,(H,22,25). The van der Waals surface area contributed by atoms with Crippen molar-refractivity contribution in [3.63, 3.8) is 0 Å². The van der Waals surface area contributed by atoms with Gasteiger partial charge >= 0.3 is 5.97 Å². The van der Waals surface area contributed by atoms with Crippen molar-refractivity contribution in [2.75, 3.05) is 13.1 Å². The summed E-state index contributed by atoms with van der Waals surface area (Å²) < 4.78 is 5.01. The largest absolute Gasteiger partial charge is 0.427 e. The van der Waals surface area contributed by atoms with E-state index in [1.165, 1.54) is 6.92 Å². The second-order valence-electron chi connectivity index (χ2n) is 6.40. The molecular formula is C20H21N3O4. The summed E-state index contributed by atoms with van der Waals surface area (Å²) in [4.78, 5) is 41.6. The zero-order valence-corrected chi connectivity index (χ0v) is 15.1. The number of carbonyl (C=O) groups is 3. The lowest BCUT2D eigenvalue weighted by Gasteiger charge is -2.32. The van der Waals surface area contributed by atoms with Gasteiger partial charge in [-0.3, -0.25) is 19.4 Å². The predicted octanol–water partition coefficient (Wildman–Crippen LogP) is 2.04. The van der Waals surface area contributed by atoms with Crippen LogP contribution in [0.4, 0.5) is 0 Å². The summed E-state index contributed by atoms with van der Waals surface area (Å²) in [5, 5.41) is 2.99. The summed E-state index contributed by atoms with van der Waals surface area (Å²) in [6, 6.07) is 9.91. The van der Waals surface area contributed by atoms with Crippen molar-refractivity contribution in [2.45, 2.75) is 25.8 Å². The van der Waals surface area contributed by atoms with E-state index >= 15 is 0 Å². The fourth-order valence-corrected chi connectivity index (χ4v) is 3.04. The monoisotopic (exact) mass is 367 g/mol. The van der Waals surface area contributed by atoms with Crippen LogP contribution in [-0.4, -0.2) is 46.8 Å². The Labute approximate surface area is 157 Å². The molecule has 1 aliphatic rings. The second kappa shape index (κ2) is 8.44. The molecule has 1 aliphatic heterocycles. The van der Waals surface area contributed by atoms with E-state index in [0.29, 0.717) is 42.8 Å². The Morgan fingerprint density at radius 2 is 1.78 bits per heavy atom. The molecule has 0 atom stereocenters. The number of carbonyl (C=O) groups excluding carboxylic acids is 3. The summed E-state index contributed by atoms with van der Waals surface area (Å²) in [6.07, 6.45) is 4.58. The van der Waals surface area contributed by atoms with E-state index in [2.05, 4.69) is 10.3 Å². The Kier molecular flexibility index (Phi) is 5.80. The van der Waals surface area contributed by atoms with Crippen LogP contribution in [0.15, 0.2) is 48.8 Å². The molecule has 0 bridgehead atoms. The molecule has 2 heterocycles. The van der Waals surface area contributed by atoms with E-state index < -0.39 is 5.97 Å². The molecule has 1 N–H and O–H groups in total. The van der Waals surface area contributed by atoms with E-state index in [1.807, 2.05) is 0 Å². The van der Waals surface area contributed by atoms with E-state index in [0.717, 1.165) is 0 Å². The maximum absolute atomic E-state index is 12.4. The maximum Gasteiger partial charge on any atom is 0.308 e. The zero-order valence-electron chi connectivity index (χ0n) is 15.1. The number of pyridine rings is 1. The number of amides is 2. The van der Waals surface area contributed by atoms with Gasteiger partial charge in [-0.25, -0.2) is 0 Å². The average Bonchev–Trinajstić information content (AvgIpc) is 2.68. The van der Waals surface area contributed by atoms with E-state index in [4.69, 9.17) is 4.74 Å². The molecule has 2 aromatic rings. The number of hydrogen-bond donors (Lipinski definition) is 1. The third-order valence-electron chi connectivity index (χ3n) is 4.40. The molecule has 140 valence electrons. The second-order valence-corrected chi connectivity index (χ2v) is 6.40. The fraction of sp³-hybridized carbons (Fsp3) is 0.300. The van der Waals surface area contributed by atoms with Crippen LogP contribution in [0.3, 0.4) is 0 Å². The number of nitrogens with one attached hydrogen (secondary N) is 1. The van der Waals surface area contributed by atoms with Crippen LogP contribution in [0.2, 0.25) is 0 Å². The molecule has 0 radical (unpaired) electrons. The van der Waals surface area contributed by atoms with Gasteiger partial charge in [-0.05, 0) is 43.2 Å². The predicted molar refractivity (Wildman–Crippen MR) is 98.4 cm³/mol. The molecule has 7 nitrogen and oxygen atoms in total. The molecule has 3 rings (SSSR count).